The number of hydrogen-bond acceptors (Lipinski definition) is 1. The Hall–Kier alpha value is -1.18. The van der Waals surface area contributed by atoms with Crippen LogP contribution in [0.25, 0.3) is 0 Å². The Labute approximate surface area is 67.9 Å². The highest BCUT2D eigenvalue weighted by Gasteiger charge is 1.98. The normalized spacial score (nSPS) is 8.82. The predicted octanol–water partition coefficient (Wildman–Crippen LogP) is 0.900. The molecule has 0 atom stereocenters. The zero-order chi connectivity index (χ0) is 8.10. The molecule has 1 aromatic rings. The average molecular weight is 146 g/mol. The fraction of sp³-hybridized carbons (Fsp3) is 0.111. The quantitative estimate of drug-likeness (QED) is 0.575. The van der Waals surface area contributed by atoms with Gasteiger partial charge in [-0.15, -0.1) is 12.6 Å². The van der Waals surface area contributed by atoms with E-state index in [2.05, 4.69) is 6.58 Å². The molecule has 0 saturated carbocycles. The van der Waals surface area contributed by atoms with Crippen LogP contribution in [-0.2, 0) is 0 Å². The fourth-order valence-electron chi connectivity index (χ4n) is 1.03. The van der Waals surface area contributed by atoms with Gasteiger partial charge in [0.15, 0.2) is 7.28 Å². The highest BCUT2D eigenvalue weighted by atomic mass is 16.5. The van der Waals surface area contributed by atoms with Crippen LogP contribution in [0.1, 0.15) is 0 Å². The monoisotopic (exact) mass is 146 g/mol. The minimum absolute atomic E-state index is 0.865. The fourth-order valence-corrected chi connectivity index (χ4v) is 1.03. The van der Waals surface area contributed by atoms with Crippen molar-refractivity contribution in [2.75, 3.05) is 7.11 Å². The lowest BCUT2D eigenvalue weighted by molar-refractivity contribution is 0.418. The molecule has 0 unspecified atom stereocenters. The third kappa shape index (κ3) is 1.87. The third-order valence-electron chi connectivity index (χ3n) is 1.56. The molecule has 0 radical (unpaired) electrons. The van der Waals surface area contributed by atoms with Crippen molar-refractivity contribution in [3.05, 3.63) is 36.8 Å². The van der Waals surface area contributed by atoms with E-state index in [4.69, 9.17) is 4.74 Å². The predicted molar refractivity (Wildman–Crippen MR) is 50.0 cm³/mol. The lowest BCUT2D eigenvalue weighted by atomic mass is 9.70. The minimum Gasteiger partial charge on any atom is -0.497 e. The first-order valence-electron chi connectivity index (χ1n) is 3.61. The Kier molecular flexibility index (Phi) is 2.78. The molecule has 0 aromatic heterocycles. The highest BCUT2D eigenvalue weighted by Crippen LogP contribution is 2.03. The van der Waals surface area contributed by atoms with E-state index < -0.39 is 0 Å². The van der Waals surface area contributed by atoms with E-state index in [1.54, 1.807) is 7.11 Å². The molecular weight excluding hydrogens is 135 g/mol. The van der Waals surface area contributed by atoms with E-state index in [1.165, 1.54) is 5.46 Å². The zero-order valence-corrected chi connectivity index (χ0v) is 6.71. The highest BCUT2D eigenvalue weighted by molar-refractivity contribution is 6.59. The maximum absolute atomic E-state index is 5.15. The van der Waals surface area contributed by atoms with Crippen LogP contribution in [0.5, 0.6) is 5.75 Å². The van der Waals surface area contributed by atoms with Gasteiger partial charge in [0, 0.05) is 0 Å². The van der Waals surface area contributed by atoms with E-state index in [9.17, 15) is 0 Å². The van der Waals surface area contributed by atoms with Gasteiger partial charge in [0.25, 0.3) is 0 Å². The second-order valence-electron chi connectivity index (χ2n) is 2.30. The summed E-state index contributed by atoms with van der Waals surface area (Å²) >= 11 is 0. The van der Waals surface area contributed by atoms with Crippen LogP contribution in [0.15, 0.2) is 36.8 Å². The van der Waals surface area contributed by atoms with Gasteiger partial charge in [-0.25, -0.2) is 0 Å². The first-order chi connectivity index (χ1) is 5.38. The molecular formula is C9H11BO. The van der Waals surface area contributed by atoms with Gasteiger partial charge < -0.3 is 4.74 Å². The Balaban J connectivity index is 2.92. The molecule has 0 saturated heterocycles. The van der Waals surface area contributed by atoms with Crippen LogP contribution in [0.2, 0.25) is 0 Å². The summed E-state index contributed by atoms with van der Waals surface area (Å²) in [6.45, 7) is 3.68. The van der Waals surface area contributed by atoms with Crippen molar-refractivity contribution in [1.82, 2.24) is 0 Å². The molecule has 1 aromatic carbocycles. The smallest absolute Gasteiger partial charge is 0.187 e. The van der Waals surface area contributed by atoms with Crippen LogP contribution >= 0.6 is 0 Å². The third-order valence-corrected chi connectivity index (χ3v) is 1.56. The molecule has 0 bridgehead atoms. The minimum atomic E-state index is 0.865. The lowest BCUT2D eigenvalue weighted by Crippen LogP contribution is -2.14. The first kappa shape index (κ1) is 7.93. The molecule has 0 spiro atoms. The van der Waals surface area contributed by atoms with Gasteiger partial charge in [0.1, 0.15) is 5.75 Å². The number of para-hydroxylation sites is 1. The molecule has 0 aliphatic heterocycles. The van der Waals surface area contributed by atoms with E-state index >= 15 is 0 Å². The summed E-state index contributed by atoms with van der Waals surface area (Å²) in [5, 5.41) is 0. The van der Waals surface area contributed by atoms with Crippen molar-refractivity contribution in [2.24, 2.45) is 0 Å². The van der Waals surface area contributed by atoms with Crippen LogP contribution < -0.4 is 10.2 Å². The largest absolute Gasteiger partial charge is 0.497 e. The van der Waals surface area contributed by atoms with Gasteiger partial charge in [-0.05, 0) is 11.5 Å². The van der Waals surface area contributed by atoms with Crippen molar-refractivity contribution < 1.29 is 4.74 Å². The van der Waals surface area contributed by atoms with Crippen LogP contribution in [0.4, 0.5) is 0 Å². The molecule has 0 N–H and O–H groups in total. The summed E-state index contributed by atoms with van der Waals surface area (Å²) in [4.78, 5) is 0. The number of ether oxygens (including phenoxy) is 1. The Morgan fingerprint density at radius 1 is 1.45 bits per heavy atom. The van der Waals surface area contributed by atoms with Crippen molar-refractivity contribution in [1.29, 1.82) is 0 Å². The molecule has 2 heteroatoms. The SMILES string of the molecule is C=CBc1ccccc1OC. The molecule has 1 rings (SSSR count). The summed E-state index contributed by atoms with van der Waals surface area (Å²) in [5.74, 6) is 2.81. The summed E-state index contributed by atoms with van der Waals surface area (Å²) in [7, 11) is 2.55. The Bertz CT molecular complexity index is 245. The summed E-state index contributed by atoms with van der Waals surface area (Å²) in [5.41, 5.74) is 1.19. The van der Waals surface area contributed by atoms with E-state index in [-0.39, 0.29) is 0 Å². The topological polar surface area (TPSA) is 9.23 Å². The van der Waals surface area contributed by atoms with E-state index in [1.807, 2.05) is 30.2 Å². The molecule has 0 heterocycles. The maximum atomic E-state index is 5.15. The zero-order valence-electron chi connectivity index (χ0n) is 6.71. The number of rotatable bonds is 3. The number of benzene rings is 1. The van der Waals surface area contributed by atoms with Crippen LogP contribution in [-0.4, -0.2) is 14.4 Å². The lowest BCUT2D eigenvalue weighted by Gasteiger charge is -2.03. The summed E-state index contributed by atoms with van der Waals surface area (Å²) < 4.78 is 5.15. The van der Waals surface area contributed by atoms with Crippen molar-refractivity contribution >= 4 is 12.7 Å². The molecule has 0 aliphatic rings. The first-order valence-corrected chi connectivity index (χ1v) is 3.61. The Morgan fingerprint density at radius 3 is 2.82 bits per heavy atom. The van der Waals surface area contributed by atoms with Gasteiger partial charge in [-0.1, -0.05) is 18.2 Å². The van der Waals surface area contributed by atoms with Crippen molar-refractivity contribution in [2.45, 2.75) is 0 Å². The standard InChI is InChI=1S/C9H11BO/c1-3-10-8-6-4-5-7-9(8)11-2/h3-7,10H,1H2,2H3. The second kappa shape index (κ2) is 3.86. The molecule has 0 amide bonds. The second-order valence-corrected chi connectivity index (χ2v) is 2.30. The van der Waals surface area contributed by atoms with Crippen LogP contribution in [0, 0.1) is 0 Å². The van der Waals surface area contributed by atoms with E-state index in [0.29, 0.717) is 0 Å². The van der Waals surface area contributed by atoms with E-state index in [0.717, 1.165) is 13.0 Å². The number of methoxy groups -OCH3 is 1. The molecule has 11 heavy (non-hydrogen) atoms. The molecule has 0 aliphatic carbocycles. The van der Waals surface area contributed by atoms with Gasteiger partial charge in [0.05, 0.1) is 7.11 Å². The van der Waals surface area contributed by atoms with Gasteiger partial charge in [-0.2, -0.15) is 0 Å². The number of hydrogen-bond donors (Lipinski definition) is 0. The maximum Gasteiger partial charge on any atom is 0.187 e. The molecule has 56 valence electrons. The van der Waals surface area contributed by atoms with Crippen molar-refractivity contribution in [3.8, 4) is 5.75 Å². The Morgan fingerprint density at radius 2 is 2.18 bits per heavy atom. The average Bonchev–Trinajstić information content (AvgIpc) is 2.06. The van der Waals surface area contributed by atoms with Crippen molar-refractivity contribution in [3.63, 3.8) is 0 Å². The molecule has 1 nitrogen and oxygen atoms in total. The summed E-state index contributed by atoms with van der Waals surface area (Å²) in [6.07, 6.45) is 0. The van der Waals surface area contributed by atoms with Crippen LogP contribution in [0.3, 0.4) is 0 Å². The molecule has 0 fully saturated rings. The van der Waals surface area contributed by atoms with Gasteiger partial charge in [-0.3, -0.25) is 0 Å². The summed E-state index contributed by atoms with van der Waals surface area (Å²) in [6, 6.07) is 7.96. The van der Waals surface area contributed by atoms with Gasteiger partial charge in [0.2, 0.25) is 0 Å². The van der Waals surface area contributed by atoms with Gasteiger partial charge >= 0.3 is 0 Å².